The normalized spacial score (nSPS) is 10.3. The fourth-order valence-corrected chi connectivity index (χ4v) is 2.97. The van der Waals surface area contributed by atoms with E-state index in [2.05, 4.69) is 11.4 Å². The molecule has 2 rings (SSSR count). The van der Waals surface area contributed by atoms with Crippen LogP contribution in [-0.2, 0) is 11.3 Å². The molecular weight excluding hydrogens is 278 g/mol. The van der Waals surface area contributed by atoms with Crippen molar-refractivity contribution < 1.29 is 9.59 Å². The SMILES string of the molecule is O=CCCC(=O)c1cc2ccc(CNC=S)cc2s1. The molecule has 1 heterocycles. The summed E-state index contributed by atoms with van der Waals surface area (Å²) in [5.41, 5.74) is 2.62. The first-order valence-electron chi connectivity index (χ1n) is 5.91. The number of carbonyl (C=O) groups excluding carboxylic acids is 2. The number of aldehydes is 1. The van der Waals surface area contributed by atoms with Crippen molar-refractivity contribution in [3.8, 4) is 0 Å². The van der Waals surface area contributed by atoms with Crippen molar-refractivity contribution in [1.29, 1.82) is 0 Å². The van der Waals surface area contributed by atoms with Gasteiger partial charge in [0, 0.05) is 24.1 Å². The third kappa shape index (κ3) is 3.45. The van der Waals surface area contributed by atoms with E-state index in [-0.39, 0.29) is 18.6 Å². The zero-order chi connectivity index (χ0) is 13.7. The number of hydrogen-bond donors (Lipinski definition) is 1. The molecular formula is C14H13NO2S2. The molecule has 98 valence electrons. The number of rotatable bonds is 7. The monoisotopic (exact) mass is 291 g/mol. The first-order chi connectivity index (χ1) is 9.24. The van der Waals surface area contributed by atoms with Gasteiger partial charge in [-0.3, -0.25) is 4.79 Å². The molecule has 0 saturated carbocycles. The molecule has 19 heavy (non-hydrogen) atoms. The molecule has 0 unspecified atom stereocenters. The highest BCUT2D eigenvalue weighted by molar-refractivity contribution is 7.78. The second-order valence-corrected chi connectivity index (χ2v) is 5.43. The van der Waals surface area contributed by atoms with Gasteiger partial charge in [-0.25, -0.2) is 0 Å². The van der Waals surface area contributed by atoms with E-state index in [1.807, 2.05) is 18.2 Å². The van der Waals surface area contributed by atoms with Crippen LogP contribution in [0.25, 0.3) is 10.1 Å². The molecule has 2 aromatic rings. The first kappa shape index (κ1) is 13.8. The Balaban J connectivity index is 2.22. The Kier molecular flexibility index (Phi) is 4.76. The maximum absolute atomic E-state index is 11.9. The molecule has 0 aliphatic heterocycles. The Labute approximate surface area is 120 Å². The molecule has 0 amide bonds. The number of thiocarbonyl (C=S) groups is 1. The molecule has 0 spiro atoms. The Morgan fingerprint density at radius 2 is 2.21 bits per heavy atom. The van der Waals surface area contributed by atoms with Gasteiger partial charge in [-0.1, -0.05) is 24.4 Å². The largest absolute Gasteiger partial charge is 0.378 e. The fraction of sp³-hybridized carbons (Fsp3) is 0.214. The van der Waals surface area contributed by atoms with Gasteiger partial charge in [-0.05, 0) is 23.1 Å². The number of nitrogens with one attached hydrogen (secondary N) is 1. The Bertz CT molecular complexity index is 619. The maximum atomic E-state index is 11.9. The van der Waals surface area contributed by atoms with Crippen LogP contribution in [0.3, 0.4) is 0 Å². The van der Waals surface area contributed by atoms with Gasteiger partial charge < -0.3 is 10.1 Å². The fourth-order valence-electron chi connectivity index (χ4n) is 1.80. The van der Waals surface area contributed by atoms with E-state index in [9.17, 15) is 9.59 Å². The lowest BCUT2D eigenvalue weighted by molar-refractivity contribution is -0.107. The molecule has 5 heteroatoms. The van der Waals surface area contributed by atoms with Crippen molar-refractivity contribution in [3.05, 3.63) is 34.7 Å². The van der Waals surface area contributed by atoms with Gasteiger partial charge in [0.2, 0.25) is 0 Å². The highest BCUT2D eigenvalue weighted by Gasteiger charge is 2.10. The lowest BCUT2D eigenvalue weighted by Crippen LogP contribution is -2.07. The van der Waals surface area contributed by atoms with Crippen LogP contribution >= 0.6 is 23.6 Å². The Morgan fingerprint density at radius 3 is 2.95 bits per heavy atom. The van der Waals surface area contributed by atoms with Crippen molar-refractivity contribution in [3.63, 3.8) is 0 Å². The van der Waals surface area contributed by atoms with Gasteiger partial charge >= 0.3 is 0 Å². The maximum Gasteiger partial charge on any atom is 0.173 e. The van der Waals surface area contributed by atoms with Crippen LogP contribution < -0.4 is 5.32 Å². The summed E-state index contributed by atoms with van der Waals surface area (Å²) in [6, 6.07) is 7.97. The second-order valence-electron chi connectivity index (χ2n) is 4.11. The minimum atomic E-state index is 0.0341. The van der Waals surface area contributed by atoms with E-state index in [4.69, 9.17) is 12.2 Å². The first-order valence-corrected chi connectivity index (χ1v) is 7.19. The number of carbonyl (C=O) groups is 2. The summed E-state index contributed by atoms with van der Waals surface area (Å²) in [6.45, 7) is 0.686. The standard InChI is InChI=1S/C14H13NO2S2/c16-5-1-2-12(17)14-7-11-4-3-10(8-15-9-18)6-13(11)19-14/h3-7,9H,1-2,8H2,(H,15,18). The molecule has 1 aromatic carbocycles. The Hall–Kier alpha value is -1.59. The van der Waals surface area contributed by atoms with Gasteiger partial charge in [0.1, 0.15) is 6.29 Å². The van der Waals surface area contributed by atoms with Gasteiger partial charge in [-0.2, -0.15) is 0 Å². The van der Waals surface area contributed by atoms with Crippen LogP contribution in [0.15, 0.2) is 24.3 Å². The van der Waals surface area contributed by atoms with Crippen LogP contribution in [0.4, 0.5) is 0 Å². The third-order valence-electron chi connectivity index (χ3n) is 2.74. The second kappa shape index (κ2) is 6.54. The summed E-state index contributed by atoms with van der Waals surface area (Å²) in [5.74, 6) is 0.0341. The van der Waals surface area contributed by atoms with Crippen molar-refractivity contribution in [1.82, 2.24) is 5.32 Å². The average molecular weight is 291 g/mol. The van der Waals surface area contributed by atoms with E-state index < -0.39 is 0 Å². The van der Waals surface area contributed by atoms with Crippen LogP contribution in [-0.4, -0.2) is 17.6 Å². The number of hydrogen-bond acceptors (Lipinski definition) is 4. The average Bonchev–Trinajstić information content (AvgIpc) is 2.85. The van der Waals surface area contributed by atoms with Crippen molar-refractivity contribution in [2.75, 3.05) is 0 Å². The van der Waals surface area contributed by atoms with E-state index in [1.165, 1.54) is 16.8 Å². The predicted octanol–water partition coefficient (Wildman–Crippen LogP) is 3.11. The van der Waals surface area contributed by atoms with Gasteiger partial charge in [-0.15, -0.1) is 11.3 Å². The minimum Gasteiger partial charge on any atom is -0.378 e. The van der Waals surface area contributed by atoms with Gasteiger partial charge in [0.15, 0.2) is 5.78 Å². The third-order valence-corrected chi connectivity index (χ3v) is 4.04. The Morgan fingerprint density at radius 1 is 1.37 bits per heavy atom. The quantitative estimate of drug-likeness (QED) is 0.484. The number of thiophene rings is 1. The highest BCUT2D eigenvalue weighted by Crippen LogP contribution is 2.27. The number of ketones is 1. The molecule has 1 aromatic heterocycles. The zero-order valence-corrected chi connectivity index (χ0v) is 11.9. The van der Waals surface area contributed by atoms with Crippen molar-refractivity contribution in [2.45, 2.75) is 19.4 Å². The summed E-state index contributed by atoms with van der Waals surface area (Å²) in [5, 5.41) is 4.04. The molecule has 3 nitrogen and oxygen atoms in total. The number of fused-ring (bicyclic) bond motifs is 1. The lowest BCUT2D eigenvalue weighted by atomic mass is 10.1. The van der Waals surface area contributed by atoms with Crippen LogP contribution in [0.5, 0.6) is 0 Å². The highest BCUT2D eigenvalue weighted by atomic mass is 32.1. The van der Waals surface area contributed by atoms with Crippen LogP contribution in [0, 0.1) is 0 Å². The summed E-state index contributed by atoms with van der Waals surface area (Å²) in [4.78, 5) is 22.9. The van der Waals surface area contributed by atoms with Gasteiger partial charge in [0.05, 0.1) is 10.4 Å². The minimum absolute atomic E-state index is 0.0341. The summed E-state index contributed by atoms with van der Waals surface area (Å²) < 4.78 is 1.08. The molecule has 0 atom stereocenters. The van der Waals surface area contributed by atoms with E-state index in [0.29, 0.717) is 6.54 Å². The van der Waals surface area contributed by atoms with Crippen LogP contribution in [0.1, 0.15) is 28.1 Å². The molecule has 0 fully saturated rings. The van der Waals surface area contributed by atoms with E-state index >= 15 is 0 Å². The predicted molar refractivity (Wildman–Crippen MR) is 81.9 cm³/mol. The number of Topliss-reactive ketones (excluding diaryl/α,β-unsaturated/α-hetero) is 1. The molecule has 1 N–H and O–H groups in total. The number of benzene rings is 1. The smallest absolute Gasteiger partial charge is 0.173 e. The van der Waals surface area contributed by atoms with Gasteiger partial charge in [0.25, 0.3) is 0 Å². The van der Waals surface area contributed by atoms with Crippen molar-refractivity contribution in [2.24, 2.45) is 0 Å². The van der Waals surface area contributed by atoms with Crippen LogP contribution in [0.2, 0.25) is 0 Å². The van der Waals surface area contributed by atoms with E-state index in [1.54, 1.807) is 0 Å². The summed E-state index contributed by atoms with van der Waals surface area (Å²) in [6.07, 6.45) is 1.35. The molecule has 0 aliphatic carbocycles. The molecule has 0 radical (unpaired) electrons. The molecule has 0 bridgehead atoms. The zero-order valence-electron chi connectivity index (χ0n) is 10.2. The summed E-state index contributed by atoms with van der Waals surface area (Å²) >= 11 is 6.19. The topological polar surface area (TPSA) is 46.2 Å². The molecule has 0 aliphatic rings. The lowest BCUT2D eigenvalue weighted by Gasteiger charge is -1.99. The summed E-state index contributed by atoms with van der Waals surface area (Å²) in [7, 11) is 0. The van der Waals surface area contributed by atoms with Crippen molar-refractivity contribution >= 4 is 51.2 Å². The molecule has 0 saturated heterocycles. The van der Waals surface area contributed by atoms with E-state index in [0.717, 1.165) is 26.8 Å².